The fourth-order valence-electron chi connectivity index (χ4n) is 13.2. The predicted molar refractivity (Wildman–Crippen MR) is 184 cm³/mol. The lowest BCUT2D eigenvalue weighted by atomic mass is 9.43. The van der Waals surface area contributed by atoms with Crippen molar-refractivity contribution in [3.05, 3.63) is 0 Å². The first-order valence-electron chi connectivity index (χ1n) is 20.4. The van der Waals surface area contributed by atoms with E-state index in [2.05, 4.69) is 27.7 Å². The molecule has 304 valence electrons. The Morgan fingerprint density at radius 2 is 1.34 bits per heavy atom. The molecular formula is C39H64O14. The fraction of sp³-hybridized carbons (Fsp3) is 1.00. The Morgan fingerprint density at radius 3 is 2.02 bits per heavy atom. The van der Waals surface area contributed by atoms with E-state index in [-0.39, 0.29) is 34.7 Å². The highest BCUT2D eigenvalue weighted by atomic mass is 16.8. The van der Waals surface area contributed by atoms with Gasteiger partial charge in [0.2, 0.25) is 0 Å². The van der Waals surface area contributed by atoms with Crippen molar-refractivity contribution in [3.63, 3.8) is 0 Å². The second kappa shape index (κ2) is 14.4. The summed E-state index contributed by atoms with van der Waals surface area (Å²) >= 11 is 0. The molecule has 4 aliphatic heterocycles. The van der Waals surface area contributed by atoms with E-state index in [4.69, 9.17) is 28.4 Å². The number of aliphatic hydroxyl groups is 8. The summed E-state index contributed by atoms with van der Waals surface area (Å²) in [6.45, 7) is 8.84. The average Bonchev–Trinajstić information content (AvgIpc) is 3.58. The van der Waals surface area contributed by atoms with Crippen molar-refractivity contribution in [3.8, 4) is 0 Å². The van der Waals surface area contributed by atoms with Crippen LogP contribution >= 0.6 is 0 Å². The zero-order chi connectivity index (χ0) is 37.8. The lowest BCUT2D eigenvalue weighted by Gasteiger charge is -2.63. The SMILES string of the molecule is CC1CCC2(OC1)OC1CC3C4CC(OC5OC(CO)C(O)C(O)C5OC5OC(CO)C(O)C(O)C5O)C5CC(O)CCC5(C)C4CCC3(C)C1C2C. The number of rotatable bonds is 6. The summed E-state index contributed by atoms with van der Waals surface area (Å²) < 4.78 is 38.2. The van der Waals surface area contributed by atoms with Crippen LogP contribution in [0.15, 0.2) is 0 Å². The highest BCUT2D eigenvalue weighted by Crippen LogP contribution is 2.71. The number of fused-ring (bicyclic) bond motifs is 7. The van der Waals surface area contributed by atoms with Crippen molar-refractivity contribution in [1.82, 2.24) is 0 Å². The zero-order valence-electron chi connectivity index (χ0n) is 31.6. The summed E-state index contributed by atoms with van der Waals surface area (Å²) in [6, 6.07) is 0. The molecule has 4 aliphatic carbocycles. The van der Waals surface area contributed by atoms with Crippen LogP contribution in [0.3, 0.4) is 0 Å². The molecule has 0 aromatic carbocycles. The van der Waals surface area contributed by atoms with Gasteiger partial charge in [-0.25, -0.2) is 0 Å². The molecule has 0 radical (unpaired) electrons. The monoisotopic (exact) mass is 756 g/mol. The van der Waals surface area contributed by atoms with Crippen LogP contribution in [-0.4, -0.2) is 146 Å². The maximum atomic E-state index is 11.4. The predicted octanol–water partition coefficient (Wildman–Crippen LogP) is 0.413. The van der Waals surface area contributed by atoms with Crippen LogP contribution in [0.5, 0.6) is 0 Å². The first-order valence-corrected chi connectivity index (χ1v) is 20.4. The van der Waals surface area contributed by atoms with E-state index in [1.165, 1.54) is 0 Å². The molecule has 0 amide bonds. The number of hydrogen-bond donors (Lipinski definition) is 8. The Hall–Kier alpha value is -0.560. The Morgan fingerprint density at radius 1 is 0.660 bits per heavy atom. The minimum Gasteiger partial charge on any atom is -0.394 e. The maximum Gasteiger partial charge on any atom is 0.187 e. The summed E-state index contributed by atoms with van der Waals surface area (Å²) in [5, 5.41) is 84.8. The van der Waals surface area contributed by atoms with Gasteiger partial charge in [-0.3, -0.25) is 0 Å². The van der Waals surface area contributed by atoms with Gasteiger partial charge < -0.3 is 69.3 Å². The van der Waals surface area contributed by atoms with Crippen molar-refractivity contribution in [2.45, 2.75) is 171 Å². The Labute approximate surface area is 312 Å². The number of ether oxygens (including phenoxy) is 6. The maximum absolute atomic E-state index is 11.4. The summed E-state index contributed by atoms with van der Waals surface area (Å²) in [6.07, 6.45) is -8.07. The van der Waals surface area contributed by atoms with Crippen LogP contribution < -0.4 is 0 Å². The van der Waals surface area contributed by atoms with Crippen LogP contribution in [-0.2, 0) is 28.4 Å². The molecule has 0 bridgehead atoms. The molecule has 0 aromatic heterocycles. The Kier molecular flexibility index (Phi) is 10.6. The van der Waals surface area contributed by atoms with E-state index in [0.29, 0.717) is 42.9 Å². The van der Waals surface area contributed by atoms with Crippen molar-refractivity contribution in [1.29, 1.82) is 0 Å². The van der Waals surface area contributed by atoms with Crippen LogP contribution in [0.2, 0.25) is 0 Å². The summed E-state index contributed by atoms with van der Waals surface area (Å²) in [7, 11) is 0. The molecule has 23 atom stereocenters. The molecule has 0 aromatic rings. The molecule has 23 unspecified atom stereocenters. The quantitative estimate of drug-likeness (QED) is 0.173. The third-order valence-electron chi connectivity index (χ3n) is 16.2. The molecule has 1 spiro atoms. The van der Waals surface area contributed by atoms with E-state index in [1.807, 2.05) is 0 Å². The summed E-state index contributed by atoms with van der Waals surface area (Å²) in [5.41, 5.74) is -0.111. The summed E-state index contributed by atoms with van der Waals surface area (Å²) in [5.74, 6) is 1.70. The van der Waals surface area contributed by atoms with Gasteiger partial charge in [0.15, 0.2) is 18.4 Å². The smallest absolute Gasteiger partial charge is 0.187 e. The lowest BCUT2D eigenvalue weighted by Crippen LogP contribution is -2.66. The van der Waals surface area contributed by atoms with E-state index < -0.39 is 92.6 Å². The van der Waals surface area contributed by atoms with E-state index >= 15 is 0 Å². The fourth-order valence-corrected chi connectivity index (χ4v) is 13.2. The van der Waals surface area contributed by atoms with Crippen molar-refractivity contribution < 1.29 is 69.3 Å². The van der Waals surface area contributed by atoms with Gasteiger partial charge in [0.05, 0.1) is 38.1 Å². The molecule has 4 heterocycles. The van der Waals surface area contributed by atoms with Crippen LogP contribution in [0, 0.1) is 52.3 Å². The Balaban J connectivity index is 1.08. The molecule has 8 aliphatic rings. The van der Waals surface area contributed by atoms with E-state index in [0.717, 1.165) is 45.1 Å². The number of hydrogen-bond acceptors (Lipinski definition) is 14. The molecule has 14 nitrogen and oxygen atoms in total. The van der Waals surface area contributed by atoms with Crippen LogP contribution in [0.1, 0.15) is 85.5 Å². The van der Waals surface area contributed by atoms with Gasteiger partial charge in [-0.2, -0.15) is 0 Å². The molecule has 8 N–H and O–H groups in total. The van der Waals surface area contributed by atoms with Crippen LogP contribution in [0.4, 0.5) is 0 Å². The minimum atomic E-state index is -1.76. The second-order valence-corrected chi connectivity index (χ2v) is 18.8. The lowest BCUT2D eigenvalue weighted by molar-refractivity contribution is -0.377. The highest BCUT2D eigenvalue weighted by Gasteiger charge is 2.70. The third kappa shape index (κ3) is 6.20. The molecule has 53 heavy (non-hydrogen) atoms. The van der Waals surface area contributed by atoms with E-state index in [9.17, 15) is 40.9 Å². The molecule has 8 fully saturated rings. The third-order valence-corrected chi connectivity index (χ3v) is 16.2. The first-order chi connectivity index (χ1) is 25.2. The molecule has 8 rings (SSSR count). The average molecular weight is 757 g/mol. The zero-order valence-corrected chi connectivity index (χ0v) is 31.6. The van der Waals surface area contributed by atoms with Gasteiger partial charge in [0.1, 0.15) is 48.8 Å². The molecule has 4 saturated carbocycles. The van der Waals surface area contributed by atoms with Crippen molar-refractivity contribution in [2.24, 2.45) is 52.3 Å². The van der Waals surface area contributed by atoms with Crippen molar-refractivity contribution in [2.75, 3.05) is 19.8 Å². The number of aliphatic hydroxyl groups excluding tert-OH is 8. The molecule has 4 saturated heterocycles. The summed E-state index contributed by atoms with van der Waals surface area (Å²) in [4.78, 5) is 0. The minimum absolute atomic E-state index is 0.0431. The van der Waals surface area contributed by atoms with Gasteiger partial charge in [0, 0.05) is 12.3 Å². The standard InChI is InChI=1S/C39H64O14/c1-17-5-10-39(48-16-17)18(2)28-25(53-39)13-22-20-12-24(23-11-19(42)6-8-37(23,3)21(20)7-9-38(22,28)4)49-36-34(32(46)30(44)27(15-41)51-36)52-35-33(47)31(45)29(43)26(14-40)50-35/h17-36,40-47H,5-16H2,1-4H3. The first kappa shape index (κ1) is 39.3. The Bertz CT molecular complexity index is 1300. The van der Waals surface area contributed by atoms with Gasteiger partial charge in [0.25, 0.3) is 0 Å². The molecule has 14 heteroatoms. The van der Waals surface area contributed by atoms with Gasteiger partial charge in [-0.05, 0) is 97.7 Å². The van der Waals surface area contributed by atoms with Gasteiger partial charge in [-0.1, -0.05) is 27.7 Å². The van der Waals surface area contributed by atoms with Crippen molar-refractivity contribution >= 4 is 0 Å². The second-order valence-electron chi connectivity index (χ2n) is 18.8. The van der Waals surface area contributed by atoms with Crippen LogP contribution in [0.25, 0.3) is 0 Å². The normalized spacial score (nSPS) is 59.5. The largest absolute Gasteiger partial charge is 0.394 e. The highest BCUT2D eigenvalue weighted by molar-refractivity contribution is 5.16. The van der Waals surface area contributed by atoms with Gasteiger partial charge >= 0.3 is 0 Å². The van der Waals surface area contributed by atoms with Gasteiger partial charge in [-0.15, -0.1) is 0 Å². The van der Waals surface area contributed by atoms with E-state index in [1.54, 1.807) is 0 Å². The molecular weight excluding hydrogens is 692 g/mol. The topological polar surface area (TPSA) is 217 Å².